The maximum atomic E-state index is 10.6. The number of rotatable bonds is 3. The van der Waals surface area contributed by atoms with E-state index in [-0.39, 0.29) is 11.0 Å². The van der Waals surface area contributed by atoms with Crippen LogP contribution in [-0.4, -0.2) is 23.4 Å². The maximum Gasteiger partial charge on any atom is 0.275 e. The van der Waals surface area contributed by atoms with Gasteiger partial charge in [0.25, 0.3) is 5.24 Å². The average Bonchev–Trinajstić information content (AvgIpc) is 2.60. The molecule has 1 aliphatic heterocycles. The summed E-state index contributed by atoms with van der Waals surface area (Å²) in [5.74, 6) is 0.618. The molecule has 0 fully saturated rings. The third-order valence-corrected chi connectivity index (χ3v) is 2.94. The molecule has 0 bridgehead atoms. The Morgan fingerprint density at radius 3 is 3.19 bits per heavy atom. The highest BCUT2D eigenvalue weighted by Crippen LogP contribution is 2.35. The first-order valence-corrected chi connectivity index (χ1v) is 5.65. The molecule has 0 saturated heterocycles. The van der Waals surface area contributed by atoms with Gasteiger partial charge in [-0.15, -0.1) is 0 Å². The van der Waals surface area contributed by atoms with E-state index < -0.39 is 0 Å². The third-order valence-electron chi connectivity index (χ3n) is 2.78. The number of aromatic hydroxyl groups is 1. The molecule has 0 aromatic heterocycles. The first-order chi connectivity index (χ1) is 7.66. The highest BCUT2D eigenvalue weighted by Gasteiger charge is 2.21. The predicted molar refractivity (Wildman–Crippen MR) is 66.3 cm³/mol. The molecule has 1 aromatic carbocycles. The number of phenols is 1. The Balaban J connectivity index is 2.00. The Morgan fingerprint density at radius 2 is 2.44 bits per heavy atom. The van der Waals surface area contributed by atoms with Crippen LogP contribution in [0.3, 0.4) is 0 Å². The lowest BCUT2D eigenvalue weighted by Gasteiger charge is -2.10. The maximum absolute atomic E-state index is 10.6. The fraction of sp³-hybridized carbons (Fsp3) is 0.364. The molecule has 0 spiro atoms. The molecule has 5 heteroatoms. The van der Waals surface area contributed by atoms with Crippen LogP contribution >= 0.6 is 12.6 Å². The summed E-state index contributed by atoms with van der Waals surface area (Å²) in [6.45, 7) is 1.45. The largest absolute Gasteiger partial charge is 0.508 e. The minimum atomic E-state index is -0.304. The second-order valence-electron chi connectivity index (χ2n) is 3.87. The van der Waals surface area contributed by atoms with E-state index in [2.05, 4.69) is 23.3 Å². The van der Waals surface area contributed by atoms with Crippen LogP contribution in [0.2, 0.25) is 0 Å². The number of hydrogen-bond acceptors (Lipinski definition) is 3. The molecule has 1 amide bonds. The minimum Gasteiger partial charge on any atom is -0.508 e. The number of nitrogens with one attached hydrogen (secondary N) is 2. The molecule has 1 unspecified atom stereocenters. The van der Waals surface area contributed by atoms with Gasteiger partial charge in [-0.2, -0.15) is 0 Å². The van der Waals surface area contributed by atoms with E-state index in [1.165, 1.54) is 0 Å². The summed E-state index contributed by atoms with van der Waals surface area (Å²) in [4.78, 5) is 10.6. The van der Waals surface area contributed by atoms with Crippen molar-refractivity contribution in [2.75, 3.05) is 18.4 Å². The zero-order valence-electron chi connectivity index (χ0n) is 8.73. The number of carbonyl (C=O) groups excluding carboxylic acids is 1. The van der Waals surface area contributed by atoms with Crippen molar-refractivity contribution in [3.8, 4) is 5.75 Å². The molecular weight excluding hydrogens is 224 g/mol. The molecular formula is C11H14N2O2S. The molecule has 1 atom stereocenters. The Kier molecular flexibility index (Phi) is 3.24. The molecule has 2 rings (SSSR count). The molecule has 3 N–H and O–H groups in total. The Labute approximate surface area is 99.5 Å². The van der Waals surface area contributed by atoms with Gasteiger partial charge in [0.2, 0.25) is 0 Å². The van der Waals surface area contributed by atoms with E-state index in [0.717, 1.165) is 24.2 Å². The van der Waals surface area contributed by atoms with Crippen molar-refractivity contribution in [2.45, 2.75) is 12.3 Å². The number of anilines is 1. The summed E-state index contributed by atoms with van der Waals surface area (Å²) in [6.07, 6.45) is 0.843. The number of fused-ring (bicyclic) bond motifs is 1. The van der Waals surface area contributed by atoms with Gasteiger partial charge in [-0.25, -0.2) is 0 Å². The molecule has 1 aromatic rings. The second-order valence-corrected chi connectivity index (χ2v) is 4.28. The highest BCUT2D eigenvalue weighted by molar-refractivity contribution is 7.96. The fourth-order valence-electron chi connectivity index (χ4n) is 2.00. The van der Waals surface area contributed by atoms with Crippen molar-refractivity contribution >= 4 is 23.6 Å². The SMILES string of the molecule is O=C(S)NCCC1CNc2ccc(O)cc21. The minimum absolute atomic E-state index is 0.283. The highest BCUT2D eigenvalue weighted by atomic mass is 32.1. The molecule has 0 aliphatic carbocycles. The lowest BCUT2D eigenvalue weighted by molar-refractivity contribution is 0.260. The number of thiol groups is 1. The van der Waals surface area contributed by atoms with Gasteiger partial charge in [-0.3, -0.25) is 4.79 Å². The van der Waals surface area contributed by atoms with Crippen LogP contribution in [0.25, 0.3) is 0 Å². The van der Waals surface area contributed by atoms with E-state index in [4.69, 9.17) is 0 Å². The first kappa shape index (κ1) is 11.1. The smallest absolute Gasteiger partial charge is 0.275 e. The van der Waals surface area contributed by atoms with Gasteiger partial charge in [-0.05, 0) is 30.2 Å². The average molecular weight is 238 g/mol. The number of amides is 1. The van der Waals surface area contributed by atoms with Crippen molar-refractivity contribution in [1.29, 1.82) is 0 Å². The van der Waals surface area contributed by atoms with E-state index in [0.29, 0.717) is 12.5 Å². The van der Waals surface area contributed by atoms with Gasteiger partial charge in [-0.1, -0.05) is 12.6 Å². The van der Waals surface area contributed by atoms with Crippen LogP contribution in [-0.2, 0) is 0 Å². The van der Waals surface area contributed by atoms with Crippen molar-refractivity contribution in [3.63, 3.8) is 0 Å². The number of phenolic OH excluding ortho intramolecular Hbond substituents is 1. The van der Waals surface area contributed by atoms with Gasteiger partial charge in [0.15, 0.2) is 0 Å². The lowest BCUT2D eigenvalue weighted by Crippen LogP contribution is -2.20. The van der Waals surface area contributed by atoms with Crippen LogP contribution in [0.4, 0.5) is 10.5 Å². The van der Waals surface area contributed by atoms with Crippen molar-refractivity contribution < 1.29 is 9.90 Å². The Morgan fingerprint density at radius 1 is 1.62 bits per heavy atom. The predicted octanol–water partition coefficient (Wildman–Crippen LogP) is 1.93. The quantitative estimate of drug-likeness (QED) is 0.481. The van der Waals surface area contributed by atoms with Gasteiger partial charge in [0.05, 0.1) is 0 Å². The molecule has 4 nitrogen and oxygen atoms in total. The molecule has 16 heavy (non-hydrogen) atoms. The van der Waals surface area contributed by atoms with Crippen molar-refractivity contribution in [1.82, 2.24) is 5.32 Å². The summed E-state index contributed by atoms with van der Waals surface area (Å²) < 4.78 is 0. The summed E-state index contributed by atoms with van der Waals surface area (Å²) >= 11 is 3.64. The summed E-state index contributed by atoms with van der Waals surface area (Å²) in [6, 6.07) is 5.33. The Hall–Kier alpha value is -1.36. The van der Waals surface area contributed by atoms with Crippen molar-refractivity contribution in [2.24, 2.45) is 0 Å². The molecule has 0 saturated carbocycles. The fourth-order valence-corrected chi connectivity index (χ4v) is 2.11. The van der Waals surface area contributed by atoms with Gasteiger partial charge < -0.3 is 15.7 Å². The van der Waals surface area contributed by atoms with Crippen LogP contribution in [0, 0.1) is 0 Å². The first-order valence-electron chi connectivity index (χ1n) is 5.20. The number of hydrogen-bond donors (Lipinski definition) is 4. The van der Waals surface area contributed by atoms with E-state index in [9.17, 15) is 9.90 Å². The molecule has 86 valence electrons. The lowest BCUT2D eigenvalue weighted by atomic mass is 9.98. The Bertz CT molecular complexity index is 409. The monoisotopic (exact) mass is 238 g/mol. The van der Waals surface area contributed by atoms with E-state index in [1.807, 2.05) is 6.07 Å². The third kappa shape index (κ3) is 2.41. The van der Waals surface area contributed by atoms with Crippen LogP contribution < -0.4 is 10.6 Å². The van der Waals surface area contributed by atoms with Crippen LogP contribution in [0.5, 0.6) is 5.75 Å². The number of benzene rings is 1. The second kappa shape index (κ2) is 4.65. The van der Waals surface area contributed by atoms with Gasteiger partial charge in [0, 0.05) is 24.7 Å². The van der Waals surface area contributed by atoms with E-state index in [1.54, 1.807) is 12.1 Å². The van der Waals surface area contributed by atoms with Crippen LogP contribution in [0.15, 0.2) is 18.2 Å². The van der Waals surface area contributed by atoms with Crippen LogP contribution in [0.1, 0.15) is 17.9 Å². The van der Waals surface area contributed by atoms with E-state index >= 15 is 0 Å². The molecule has 1 aliphatic rings. The van der Waals surface area contributed by atoms with Gasteiger partial charge >= 0.3 is 0 Å². The van der Waals surface area contributed by atoms with Crippen molar-refractivity contribution in [3.05, 3.63) is 23.8 Å². The summed E-state index contributed by atoms with van der Waals surface area (Å²) in [7, 11) is 0. The van der Waals surface area contributed by atoms with Gasteiger partial charge in [0.1, 0.15) is 5.75 Å². The topological polar surface area (TPSA) is 61.4 Å². The standard InChI is InChI=1S/C11H14N2O2S/c14-8-1-2-10-9(5-8)7(6-13-10)3-4-12-11(15)16/h1-2,5,7,13-14H,3-4,6H2,(H2,12,15,16). The summed E-state index contributed by atoms with van der Waals surface area (Å²) in [5.41, 5.74) is 2.19. The zero-order chi connectivity index (χ0) is 11.5. The summed E-state index contributed by atoms with van der Waals surface area (Å²) in [5, 5.41) is 15.0. The zero-order valence-corrected chi connectivity index (χ0v) is 9.63. The molecule has 1 heterocycles. The molecule has 0 radical (unpaired) electrons. The normalized spacial score (nSPS) is 17.7. The number of carbonyl (C=O) groups is 1.